The molecule has 3 rings (SSSR count). The monoisotopic (exact) mass is 218 g/mol. The molecule has 0 fully saturated rings. The van der Waals surface area contributed by atoms with Crippen molar-refractivity contribution in [1.29, 1.82) is 0 Å². The van der Waals surface area contributed by atoms with E-state index in [1.807, 2.05) is 0 Å². The van der Waals surface area contributed by atoms with Crippen LogP contribution in [0.4, 0.5) is 0 Å². The minimum atomic E-state index is -0.307. The first-order chi connectivity index (χ1) is 7.75. The van der Waals surface area contributed by atoms with E-state index in [0.29, 0.717) is 24.8 Å². The summed E-state index contributed by atoms with van der Waals surface area (Å²) in [4.78, 5) is 23.1. The van der Waals surface area contributed by atoms with Gasteiger partial charge in [-0.3, -0.25) is 9.59 Å². The molecule has 3 aliphatic rings. The fourth-order valence-corrected chi connectivity index (χ4v) is 2.69. The Balaban J connectivity index is 1.92. The maximum atomic E-state index is 11.7. The number of ketones is 2. The minimum absolute atomic E-state index is 0.248. The Morgan fingerprint density at radius 2 is 1.69 bits per heavy atom. The second kappa shape index (κ2) is 3.58. The quantitative estimate of drug-likeness (QED) is 0.586. The van der Waals surface area contributed by atoms with E-state index in [2.05, 4.69) is 0 Å². The molecule has 0 aromatic carbocycles. The molecule has 16 heavy (non-hydrogen) atoms. The van der Waals surface area contributed by atoms with Crippen LogP contribution in [0.2, 0.25) is 0 Å². The first-order valence-electron chi connectivity index (χ1n) is 5.94. The summed E-state index contributed by atoms with van der Waals surface area (Å²) in [6.07, 6.45) is 5.95. The van der Waals surface area contributed by atoms with Gasteiger partial charge < -0.3 is 4.74 Å². The summed E-state index contributed by atoms with van der Waals surface area (Å²) in [5.74, 6) is 1.29. The van der Waals surface area contributed by atoms with Gasteiger partial charge in [-0.1, -0.05) is 0 Å². The van der Waals surface area contributed by atoms with Crippen LogP contribution in [0.3, 0.4) is 0 Å². The molecule has 84 valence electrons. The lowest BCUT2D eigenvalue weighted by Gasteiger charge is -2.30. The molecule has 0 saturated heterocycles. The standard InChI is InChI=1S/C13H14O3/c14-10-5-6-12-9(13(10)15)7-8-3-1-2-4-11(8)16-12/h1-7H2. The number of hydrogen-bond donors (Lipinski definition) is 0. The van der Waals surface area contributed by atoms with Crippen molar-refractivity contribution in [2.75, 3.05) is 0 Å². The molecule has 0 atom stereocenters. The highest BCUT2D eigenvalue weighted by atomic mass is 16.5. The normalized spacial score (nSPS) is 25.2. The third-order valence-corrected chi connectivity index (χ3v) is 3.61. The van der Waals surface area contributed by atoms with Crippen LogP contribution in [0.1, 0.15) is 44.9 Å². The molecule has 2 aliphatic carbocycles. The topological polar surface area (TPSA) is 43.4 Å². The lowest BCUT2D eigenvalue weighted by atomic mass is 9.84. The van der Waals surface area contributed by atoms with Crippen molar-refractivity contribution in [2.24, 2.45) is 0 Å². The Labute approximate surface area is 94.2 Å². The second-order valence-electron chi connectivity index (χ2n) is 4.67. The molecule has 0 N–H and O–H groups in total. The summed E-state index contributed by atoms with van der Waals surface area (Å²) in [7, 11) is 0. The molecular weight excluding hydrogens is 204 g/mol. The number of allylic oxidation sites excluding steroid dienone is 4. The van der Waals surface area contributed by atoms with Crippen LogP contribution in [0.15, 0.2) is 22.7 Å². The van der Waals surface area contributed by atoms with Crippen LogP contribution in [0.5, 0.6) is 0 Å². The smallest absolute Gasteiger partial charge is 0.228 e. The predicted octanol–water partition coefficient (Wildman–Crippen LogP) is 2.42. The molecule has 1 heterocycles. The van der Waals surface area contributed by atoms with E-state index in [9.17, 15) is 9.59 Å². The van der Waals surface area contributed by atoms with Crippen molar-refractivity contribution in [3.05, 3.63) is 22.7 Å². The summed E-state index contributed by atoms with van der Waals surface area (Å²) >= 11 is 0. The van der Waals surface area contributed by atoms with E-state index in [1.54, 1.807) is 0 Å². The van der Waals surface area contributed by atoms with E-state index in [1.165, 1.54) is 18.4 Å². The van der Waals surface area contributed by atoms with Crippen LogP contribution in [-0.4, -0.2) is 11.6 Å². The van der Waals surface area contributed by atoms with Crippen LogP contribution in [0, 0.1) is 0 Å². The lowest BCUT2D eigenvalue weighted by molar-refractivity contribution is -0.135. The van der Waals surface area contributed by atoms with Gasteiger partial charge >= 0.3 is 0 Å². The molecule has 1 aliphatic heterocycles. The lowest BCUT2D eigenvalue weighted by Crippen LogP contribution is -2.26. The van der Waals surface area contributed by atoms with Gasteiger partial charge in [-0.05, 0) is 24.8 Å². The number of carbonyl (C=O) groups is 2. The van der Waals surface area contributed by atoms with Gasteiger partial charge in [0, 0.05) is 31.3 Å². The molecule has 0 bridgehead atoms. The Morgan fingerprint density at radius 3 is 2.56 bits per heavy atom. The zero-order chi connectivity index (χ0) is 11.1. The van der Waals surface area contributed by atoms with Gasteiger partial charge in [-0.15, -0.1) is 0 Å². The first-order valence-corrected chi connectivity index (χ1v) is 5.94. The molecule has 0 amide bonds. The molecule has 0 radical (unpaired) electrons. The van der Waals surface area contributed by atoms with Crippen molar-refractivity contribution in [3.8, 4) is 0 Å². The summed E-state index contributed by atoms with van der Waals surface area (Å²) in [5, 5.41) is 0. The summed E-state index contributed by atoms with van der Waals surface area (Å²) in [6.45, 7) is 0. The van der Waals surface area contributed by atoms with Gasteiger partial charge in [-0.2, -0.15) is 0 Å². The van der Waals surface area contributed by atoms with Crippen molar-refractivity contribution < 1.29 is 14.3 Å². The van der Waals surface area contributed by atoms with Crippen molar-refractivity contribution >= 4 is 11.6 Å². The Kier molecular flexibility index (Phi) is 2.20. The van der Waals surface area contributed by atoms with E-state index in [4.69, 9.17) is 4.74 Å². The van der Waals surface area contributed by atoms with Crippen molar-refractivity contribution in [3.63, 3.8) is 0 Å². The fraction of sp³-hybridized carbons (Fsp3) is 0.538. The highest BCUT2D eigenvalue weighted by Gasteiger charge is 2.34. The molecule has 0 spiro atoms. The molecule has 3 nitrogen and oxygen atoms in total. The number of ether oxygens (including phenoxy) is 1. The van der Waals surface area contributed by atoms with E-state index in [-0.39, 0.29) is 11.6 Å². The maximum Gasteiger partial charge on any atom is 0.228 e. The summed E-state index contributed by atoms with van der Waals surface area (Å²) < 4.78 is 5.80. The third-order valence-electron chi connectivity index (χ3n) is 3.61. The molecule has 0 aromatic heterocycles. The van der Waals surface area contributed by atoms with Crippen LogP contribution >= 0.6 is 0 Å². The average molecular weight is 218 g/mol. The zero-order valence-electron chi connectivity index (χ0n) is 9.17. The van der Waals surface area contributed by atoms with Crippen molar-refractivity contribution in [2.45, 2.75) is 44.9 Å². The van der Waals surface area contributed by atoms with Crippen molar-refractivity contribution in [1.82, 2.24) is 0 Å². The Hall–Kier alpha value is -1.38. The number of hydrogen-bond acceptors (Lipinski definition) is 3. The molecule has 3 heteroatoms. The first kappa shape index (κ1) is 9.82. The number of Topliss-reactive ketones (excluding diaryl/α,β-unsaturated/α-hetero) is 2. The van der Waals surface area contributed by atoms with Gasteiger partial charge in [0.2, 0.25) is 11.6 Å². The molecule has 0 saturated carbocycles. The molecule has 0 aromatic rings. The maximum absolute atomic E-state index is 11.7. The van der Waals surface area contributed by atoms with Gasteiger partial charge in [0.15, 0.2) is 0 Å². The molecular formula is C13H14O3. The average Bonchev–Trinajstić information content (AvgIpc) is 2.32. The number of carbonyl (C=O) groups excluding carboxylic acids is 2. The summed E-state index contributed by atoms with van der Waals surface area (Å²) in [6, 6.07) is 0. The Bertz CT molecular complexity index is 440. The van der Waals surface area contributed by atoms with E-state index in [0.717, 1.165) is 24.4 Å². The van der Waals surface area contributed by atoms with E-state index >= 15 is 0 Å². The van der Waals surface area contributed by atoms with Crippen LogP contribution < -0.4 is 0 Å². The highest BCUT2D eigenvalue weighted by molar-refractivity contribution is 6.44. The minimum Gasteiger partial charge on any atom is -0.466 e. The van der Waals surface area contributed by atoms with Gasteiger partial charge in [0.1, 0.15) is 11.5 Å². The van der Waals surface area contributed by atoms with Gasteiger partial charge in [-0.25, -0.2) is 0 Å². The fourth-order valence-electron chi connectivity index (χ4n) is 2.69. The van der Waals surface area contributed by atoms with Gasteiger partial charge in [0.25, 0.3) is 0 Å². The second-order valence-corrected chi connectivity index (χ2v) is 4.67. The van der Waals surface area contributed by atoms with Gasteiger partial charge in [0.05, 0.1) is 0 Å². The highest BCUT2D eigenvalue weighted by Crippen LogP contribution is 2.39. The largest absolute Gasteiger partial charge is 0.466 e. The summed E-state index contributed by atoms with van der Waals surface area (Å²) in [5.41, 5.74) is 1.88. The molecule has 0 unspecified atom stereocenters. The van der Waals surface area contributed by atoms with E-state index < -0.39 is 0 Å². The SMILES string of the molecule is O=C1CCC2=C(CC3=C(CCCC3)O2)C1=O. The van der Waals surface area contributed by atoms with Crippen LogP contribution in [0.25, 0.3) is 0 Å². The van der Waals surface area contributed by atoms with Crippen LogP contribution in [-0.2, 0) is 14.3 Å². The predicted molar refractivity (Wildman–Crippen MR) is 57.5 cm³/mol. The Morgan fingerprint density at radius 1 is 0.875 bits per heavy atom. The zero-order valence-corrected chi connectivity index (χ0v) is 9.17. The third kappa shape index (κ3) is 1.42. The number of rotatable bonds is 0.